The highest BCUT2D eigenvalue weighted by Crippen LogP contribution is 2.42. The van der Waals surface area contributed by atoms with Crippen LogP contribution in [0, 0.1) is 10.1 Å². The monoisotopic (exact) mass is 435 g/mol. The van der Waals surface area contributed by atoms with E-state index in [1.807, 2.05) is 0 Å². The van der Waals surface area contributed by atoms with E-state index in [1.54, 1.807) is 4.90 Å². The van der Waals surface area contributed by atoms with Gasteiger partial charge in [0.25, 0.3) is 5.69 Å². The van der Waals surface area contributed by atoms with Crippen molar-refractivity contribution in [2.75, 3.05) is 40.4 Å². The molecule has 27 heavy (non-hydrogen) atoms. The molecule has 0 spiro atoms. The molecule has 1 saturated heterocycles. The first-order valence-electron chi connectivity index (χ1n) is 7.68. The van der Waals surface area contributed by atoms with E-state index in [0.29, 0.717) is 26.2 Å². The lowest BCUT2D eigenvalue weighted by Gasteiger charge is -2.35. The molecule has 12 heteroatoms. The van der Waals surface area contributed by atoms with Crippen molar-refractivity contribution in [3.63, 3.8) is 0 Å². The van der Waals surface area contributed by atoms with E-state index in [0.717, 1.165) is 6.07 Å². The van der Waals surface area contributed by atoms with Crippen molar-refractivity contribution in [2.24, 2.45) is 0 Å². The Hall–Kier alpha value is -1.49. The van der Waals surface area contributed by atoms with E-state index < -0.39 is 29.2 Å². The molecule has 2 rings (SSSR count). The molecule has 1 aromatic carbocycles. The zero-order valence-electron chi connectivity index (χ0n) is 14.7. The van der Waals surface area contributed by atoms with Crippen molar-refractivity contribution in [3.8, 4) is 11.5 Å². The largest absolute Gasteiger partial charge is 0.493 e. The number of alkyl halides is 3. The maximum absolute atomic E-state index is 13.1. The smallest absolute Gasteiger partial charge is 0.390 e. The second kappa shape index (κ2) is 10.7. The fourth-order valence-electron chi connectivity index (χ4n) is 2.96. The van der Waals surface area contributed by atoms with Gasteiger partial charge in [-0.05, 0) is 6.07 Å². The number of halogens is 5. The van der Waals surface area contributed by atoms with Crippen LogP contribution in [-0.4, -0.2) is 56.4 Å². The SMILES string of the molecule is COc1cc([C@H](CC(F)(F)F)N2CCNCC2)c([N+](=O)[O-])cc1OC.Cl.Cl. The number of nitro groups is 1. The van der Waals surface area contributed by atoms with Crippen LogP contribution in [0.1, 0.15) is 18.0 Å². The first-order valence-corrected chi connectivity index (χ1v) is 7.68. The minimum Gasteiger partial charge on any atom is -0.493 e. The summed E-state index contributed by atoms with van der Waals surface area (Å²) in [5.74, 6) is 0.259. The maximum Gasteiger partial charge on any atom is 0.390 e. The second-order valence-corrected chi connectivity index (χ2v) is 5.64. The summed E-state index contributed by atoms with van der Waals surface area (Å²) in [5.41, 5.74) is -0.438. The zero-order chi connectivity index (χ0) is 18.6. The van der Waals surface area contributed by atoms with E-state index in [9.17, 15) is 23.3 Å². The molecule has 1 heterocycles. The Morgan fingerprint density at radius 1 is 1.19 bits per heavy atom. The van der Waals surface area contributed by atoms with Gasteiger partial charge in [0.05, 0.1) is 43.2 Å². The molecule has 0 saturated carbocycles. The van der Waals surface area contributed by atoms with Crippen LogP contribution >= 0.6 is 24.8 Å². The Labute approximate surface area is 167 Å². The van der Waals surface area contributed by atoms with Crippen LogP contribution < -0.4 is 14.8 Å². The third kappa shape index (κ3) is 6.56. The predicted molar refractivity (Wildman–Crippen MR) is 98.6 cm³/mol. The summed E-state index contributed by atoms with van der Waals surface area (Å²) in [4.78, 5) is 12.4. The number of hydrogen-bond acceptors (Lipinski definition) is 6. The summed E-state index contributed by atoms with van der Waals surface area (Å²) >= 11 is 0. The molecule has 1 fully saturated rings. The van der Waals surface area contributed by atoms with Crippen LogP contribution in [0.3, 0.4) is 0 Å². The average Bonchev–Trinajstić information content (AvgIpc) is 2.58. The molecule has 0 aliphatic carbocycles. The minimum absolute atomic E-state index is 0. The Kier molecular flexibility index (Phi) is 10.2. The minimum atomic E-state index is -4.46. The van der Waals surface area contributed by atoms with Crippen molar-refractivity contribution < 1.29 is 27.6 Å². The molecule has 156 valence electrons. The summed E-state index contributed by atoms with van der Waals surface area (Å²) in [6, 6.07) is 1.22. The highest BCUT2D eigenvalue weighted by molar-refractivity contribution is 5.85. The molecule has 0 bridgehead atoms. The van der Waals surface area contributed by atoms with E-state index in [-0.39, 0.29) is 41.9 Å². The Morgan fingerprint density at radius 3 is 2.15 bits per heavy atom. The fourth-order valence-corrected chi connectivity index (χ4v) is 2.96. The van der Waals surface area contributed by atoms with Crippen molar-refractivity contribution in [3.05, 3.63) is 27.8 Å². The number of nitro benzene ring substituents is 1. The molecule has 0 amide bonds. The quantitative estimate of drug-likeness (QED) is 0.545. The standard InChI is InChI=1S/C15H20F3N3O4.2ClH/c1-24-13-7-10(11(21(22)23)8-14(13)25-2)12(9-15(16,17)18)20-5-3-19-4-6-20;;/h7-8,12,19H,3-6,9H2,1-2H3;2*1H/t12-;;/m0../s1. The molecule has 1 aliphatic rings. The van der Waals surface area contributed by atoms with Crippen LogP contribution in [0.2, 0.25) is 0 Å². The van der Waals surface area contributed by atoms with Crippen LogP contribution in [0.4, 0.5) is 18.9 Å². The number of ether oxygens (including phenoxy) is 2. The topological polar surface area (TPSA) is 76.9 Å². The number of nitrogens with one attached hydrogen (secondary N) is 1. The van der Waals surface area contributed by atoms with E-state index >= 15 is 0 Å². The van der Waals surface area contributed by atoms with E-state index in [2.05, 4.69) is 5.32 Å². The molecule has 0 radical (unpaired) electrons. The van der Waals surface area contributed by atoms with Gasteiger partial charge in [-0.3, -0.25) is 15.0 Å². The van der Waals surface area contributed by atoms with Gasteiger partial charge in [0.15, 0.2) is 11.5 Å². The molecule has 0 aromatic heterocycles. The lowest BCUT2D eigenvalue weighted by molar-refractivity contribution is -0.386. The van der Waals surface area contributed by atoms with Gasteiger partial charge in [-0.25, -0.2) is 0 Å². The lowest BCUT2D eigenvalue weighted by atomic mass is 9.98. The number of nitrogens with zero attached hydrogens (tertiary/aromatic N) is 2. The van der Waals surface area contributed by atoms with Gasteiger partial charge in [-0.15, -0.1) is 24.8 Å². The molecule has 1 aromatic rings. The molecule has 7 nitrogen and oxygen atoms in total. The third-order valence-electron chi connectivity index (χ3n) is 4.11. The highest BCUT2D eigenvalue weighted by atomic mass is 35.5. The average molecular weight is 436 g/mol. The number of rotatable bonds is 6. The fraction of sp³-hybridized carbons (Fsp3) is 0.600. The van der Waals surface area contributed by atoms with Gasteiger partial charge >= 0.3 is 6.18 Å². The Balaban J connectivity index is 0.00000338. The first-order chi connectivity index (χ1) is 11.8. The summed E-state index contributed by atoms with van der Waals surface area (Å²) in [7, 11) is 2.64. The molecular formula is C15H22Cl2F3N3O4. The molecule has 1 atom stereocenters. The zero-order valence-corrected chi connectivity index (χ0v) is 16.4. The molecular weight excluding hydrogens is 414 g/mol. The lowest BCUT2D eigenvalue weighted by Crippen LogP contribution is -2.46. The first kappa shape index (κ1) is 25.5. The maximum atomic E-state index is 13.1. The van der Waals surface area contributed by atoms with Gasteiger partial charge in [0.2, 0.25) is 0 Å². The van der Waals surface area contributed by atoms with Crippen LogP contribution in [0.15, 0.2) is 12.1 Å². The van der Waals surface area contributed by atoms with Crippen molar-refractivity contribution in [2.45, 2.75) is 18.6 Å². The molecule has 1 N–H and O–H groups in total. The predicted octanol–water partition coefficient (Wildman–Crippen LogP) is 3.35. The van der Waals surface area contributed by atoms with Gasteiger partial charge in [-0.2, -0.15) is 13.2 Å². The Morgan fingerprint density at radius 2 is 1.70 bits per heavy atom. The second-order valence-electron chi connectivity index (χ2n) is 5.64. The van der Waals surface area contributed by atoms with Crippen molar-refractivity contribution in [1.29, 1.82) is 0 Å². The Bertz CT molecular complexity index is 629. The highest BCUT2D eigenvalue weighted by Gasteiger charge is 2.39. The number of methoxy groups -OCH3 is 2. The summed E-state index contributed by atoms with van der Waals surface area (Å²) in [5, 5.41) is 14.5. The normalized spacial score (nSPS) is 15.9. The molecule has 0 unspecified atom stereocenters. The summed E-state index contributed by atoms with van der Waals surface area (Å²) < 4.78 is 49.6. The van der Waals surface area contributed by atoms with E-state index in [1.165, 1.54) is 20.3 Å². The molecule has 1 aliphatic heterocycles. The number of piperazine rings is 1. The van der Waals surface area contributed by atoms with Crippen LogP contribution in [0.25, 0.3) is 0 Å². The van der Waals surface area contributed by atoms with Gasteiger partial charge in [0.1, 0.15) is 0 Å². The van der Waals surface area contributed by atoms with Gasteiger partial charge < -0.3 is 14.8 Å². The van der Waals surface area contributed by atoms with Crippen molar-refractivity contribution in [1.82, 2.24) is 10.2 Å². The van der Waals surface area contributed by atoms with Gasteiger partial charge in [0, 0.05) is 26.2 Å². The number of benzene rings is 1. The van der Waals surface area contributed by atoms with Crippen LogP contribution in [-0.2, 0) is 0 Å². The van der Waals surface area contributed by atoms with Crippen LogP contribution in [0.5, 0.6) is 11.5 Å². The van der Waals surface area contributed by atoms with Crippen molar-refractivity contribution >= 4 is 30.5 Å². The summed E-state index contributed by atoms with van der Waals surface area (Å²) in [6.45, 7) is 1.78. The van der Waals surface area contributed by atoms with Gasteiger partial charge in [-0.1, -0.05) is 0 Å². The third-order valence-corrected chi connectivity index (χ3v) is 4.11. The number of hydrogen-bond donors (Lipinski definition) is 1. The van der Waals surface area contributed by atoms with E-state index in [4.69, 9.17) is 9.47 Å². The summed E-state index contributed by atoms with van der Waals surface area (Å²) in [6.07, 6.45) is -5.64.